The van der Waals surface area contributed by atoms with Crippen LogP contribution in [0.4, 0.5) is 4.79 Å². The Morgan fingerprint density at radius 1 is 1.31 bits per heavy atom. The van der Waals surface area contributed by atoms with Gasteiger partial charge in [0.1, 0.15) is 0 Å². The first-order valence-corrected chi connectivity index (χ1v) is 5.64. The number of carbonyl (C=O) groups is 2. The van der Waals surface area contributed by atoms with Crippen LogP contribution in [0.2, 0.25) is 0 Å². The highest BCUT2D eigenvalue weighted by atomic mass is 16.4. The summed E-state index contributed by atoms with van der Waals surface area (Å²) in [6.07, 6.45) is 0. The summed E-state index contributed by atoms with van der Waals surface area (Å²) in [7, 11) is 0. The lowest BCUT2D eigenvalue weighted by atomic mass is 10.2. The molecule has 0 aliphatic heterocycles. The Morgan fingerprint density at radius 3 is 2.25 bits per heavy atom. The number of rotatable bonds is 6. The van der Waals surface area contributed by atoms with Gasteiger partial charge in [-0.3, -0.25) is 4.79 Å². The molecule has 1 atom stereocenters. The van der Waals surface area contributed by atoms with Crippen molar-refractivity contribution < 1.29 is 14.7 Å². The monoisotopic (exact) mass is 230 g/mol. The zero-order chi connectivity index (χ0) is 12.7. The molecule has 0 aromatic rings. The Kier molecular flexibility index (Phi) is 6.53. The van der Waals surface area contributed by atoms with Crippen LogP contribution in [-0.4, -0.2) is 41.6 Å². The number of carboxylic acid groups (broad SMARTS) is 1. The molecule has 16 heavy (non-hydrogen) atoms. The summed E-state index contributed by atoms with van der Waals surface area (Å²) in [4.78, 5) is 23.9. The van der Waals surface area contributed by atoms with Gasteiger partial charge in [-0.25, -0.2) is 4.79 Å². The van der Waals surface area contributed by atoms with Crippen LogP contribution in [0.25, 0.3) is 0 Å². The summed E-state index contributed by atoms with van der Waals surface area (Å²) in [6.45, 7) is 9.04. The fourth-order valence-corrected chi connectivity index (χ4v) is 1.24. The van der Waals surface area contributed by atoms with Gasteiger partial charge in [0.2, 0.25) is 0 Å². The number of aliphatic carboxylic acids is 1. The highest BCUT2D eigenvalue weighted by molar-refractivity contribution is 5.75. The maximum Gasteiger partial charge on any atom is 0.317 e. The Morgan fingerprint density at radius 2 is 1.88 bits per heavy atom. The van der Waals surface area contributed by atoms with Gasteiger partial charge in [0.25, 0.3) is 0 Å². The van der Waals surface area contributed by atoms with E-state index in [1.165, 1.54) is 0 Å². The van der Waals surface area contributed by atoms with E-state index < -0.39 is 11.9 Å². The van der Waals surface area contributed by atoms with Crippen molar-refractivity contribution in [2.24, 2.45) is 11.8 Å². The fourth-order valence-electron chi connectivity index (χ4n) is 1.24. The van der Waals surface area contributed by atoms with Gasteiger partial charge in [0.15, 0.2) is 0 Å². The van der Waals surface area contributed by atoms with Crippen molar-refractivity contribution in [1.29, 1.82) is 0 Å². The number of nitrogens with zero attached hydrogens (tertiary/aromatic N) is 1. The Labute approximate surface area is 96.8 Å². The van der Waals surface area contributed by atoms with Gasteiger partial charge in [-0.1, -0.05) is 20.8 Å². The van der Waals surface area contributed by atoms with Gasteiger partial charge in [-0.15, -0.1) is 0 Å². The average molecular weight is 230 g/mol. The fraction of sp³-hybridized carbons (Fsp3) is 0.818. The van der Waals surface area contributed by atoms with Crippen molar-refractivity contribution >= 4 is 12.0 Å². The van der Waals surface area contributed by atoms with Crippen LogP contribution in [-0.2, 0) is 4.79 Å². The molecule has 94 valence electrons. The van der Waals surface area contributed by atoms with Crippen molar-refractivity contribution in [3.05, 3.63) is 0 Å². The molecule has 0 radical (unpaired) electrons. The van der Waals surface area contributed by atoms with E-state index in [0.717, 1.165) is 0 Å². The number of carbonyl (C=O) groups excluding carboxylic acids is 1. The van der Waals surface area contributed by atoms with Crippen LogP contribution in [0.5, 0.6) is 0 Å². The molecule has 0 aromatic carbocycles. The minimum Gasteiger partial charge on any atom is -0.481 e. The highest BCUT2D eigenvalue weighted by Gasteiger charge is 2.16. The lowest BCUT2D eigenvalue weighted by molar-refractivity contribution is -0.140. The van der Waals surface area contributed by atoms with E-state index >= 15 is 0 Å². The SMILES string of the molecule is CCN(CC(C)C)C(=O)NCC(C)C(=O)O. The Balaban J connectivity index is 4.07. The molecule has 0 aliphatic carbocycles. The molecular formula is C11H22N2O3. The molecule has 0 saturated heterocycles. The van der Waals surface area contributed by atoms with E-state index in [0.29, 0.717) is 19.0 Å². The number of carboxylic acids is 1. The first-order valence-electron chi connectivity index (χ1n) is 5.64. The Hall–Kier alpha value is -1.26. The van der Waals surface area contributed by atoms with Crippen molar-refractivity contribution in [2.75, 3.05) is 19.6 Å². The van der Waals surface area contributed by atoms with Gasteiger partial charge in [-0.05, 0) is 12.8 Å². The molecule has 2 N–H and O–H groups in total. The highest BCUT2D eigenvalue weighted by Crippen LogP contribution is 1.99. The summed E-state index contributed by atoms with van der Waals surface area (Å²) in [5.41, 5.74) is 0. The number of urea groups is 1. The molecule has 5 heteroatoms. The maximum absolute atomic E-state index is 11.7. The largest absolute Gasteiger partial charge is 0.481 e. The normalized spacial score (nSPS) is 12.3. The van der Waals surface area contributed by atoms with Crippen LogP contribution < -0.4 is 5.32 Å². The standard InChI is InChI=1S/C11H22N2O3/c1-5-13(7-8(2)3)11(16)12-6-9(4)10(14)15/h8-9H,5-7H2,1-4H3,(H,12,16)(H,14,15). The van der Waals surface area contributed by atoms with Crippen LogP contribution in [0.15, 0.2) is 0 Å². The first kappa shape index (κ1) is 14.7. The lowest BCUT2D eigenvalue weighted by Gasteiger charge is -2.23. The van der Waals surface area contributed by atoms with Gasteiger partial charge < -0.3 is 15.3 Å². The smallest absolute Gasteiger partial charge is 0.317 e. The van der Waals surface area contributed by atoms with Crippen molar-refractivity contribution in [3.63, 3.8) is 0 Å². The second-order valence-corrected chi connectivity index (χ2v) is 4.36. The molecule has 5 nitrogen and oxygen atoms in total. The predicted octanol–water partition coefficient (Wildman–Crippen LogP) is 1.39. The summed E-state index contributed by atoms with van der Waals surface area (Å²) in [6, 6.07) is -0.190. The number of hydrogen-bond donors (Lipinski definition) is 2. The third kappa shape index (κ3) is 5.58. The second kappa shape index (κ2) is 7.09. The lowest BCUT2D eigenvalue weighted by Crippen LogP contribution is -2.43. The average Bonchev–Trinajstić information content (AvgIpc) is 2.21. The van der Waals surface area contributed by atoms with Crippen LogP contribution in [0.3, 0.4) is 0 Å². The van der Waals surface area contributed by atoms with Crippen LogP contribution in [0, 0.1) is 11.8 Å². The van der Waals surface area contributed by atoms with E-state index in [1.807, 2.05) is 20.8 Å². The van der Waals surface area contributed by atoms with E-state index in [-0.39, 0.29) is 12.6 Å². The summed E-state index contributed by atoms with van der Waals surface area (Å²) < 4.78 is 0. The number of amides is 2. The molecule has 1 unspecified atom stereocenters. The maximum atomic E-state index is 11.7. The molecule has 0 aromatic heterocycles. The zero-order valence-electron chi connectivity index (χ0n) is 10.5. The minimum absolute atomic E-state index is 0.169. The first-order chi connectivity index (χ1) is 7.38. The molecule has 0 bridgehead atoms. The summed E-state index contributed by atoms with van der Waals surface area (Å²) in [5.74, 6) is -1.04. The molecule has 0 spiro atoms. The van der Waals surface area contributed by atoms with Gasteiger partial charge in [0, 0.05) is 19.6 Å². The van der Waals surface area contributed by atoms with E-state index in [1.54, 1.807) is 11.8 Å². The van der Waals surface area contributed by atoms with Crippen molar-refractivity contribution in [3.8, 4) is 0 Å². The third-order valence-corrected chi connectivity index (χ3v) is 2.24. The second-order valence-electron chi connectivity index (χ2n) is 4.36. The minimum atomic E-state index is -0.896. The van der Waals surface area contributed by atoms with Gasteiger partial charge in [-0.2, -0.15) is 0 Å². The third-order valence-electron chi connectivity index (χ3n) is 2.24. The van der Waals surface area contributed by atoms with Gasteiger partial charge in [0.05, 0.1) is 5.92 Å². The van der Waals surface area contributed by atoms with Crippen molar-refractivity contribution in [1.82, 2.24) is 10.2 Å². The predicted molar refractivity (Wildman–Crippen MR) is 62.3 cm³/mol. The number of hydrogen-bond acceptors (Lipinski definition) is 2. The van der Waals surface area contributed by atoms with Crippen molar-refractivity contribution in [2.45, 2.75) is 27.7 Å². The van der Waals surface area contributed by atoms with E-state index in [2.05, 4.69) is 5.32 Å². The van der Waals surface area contributed by atoms with E-state index in [9.17, 15) is 9.59 Å². The zero-order valence-corrected chi connectivity index (χ0v) is 10.5. The summed E-state index contributed by atoms with van der Waals surface area (Å²) >= 11 is 0. The molecule has 2 amide bonds. The molecule has 0 rings (SSSR count). The molecule has 0 fully saturated rings. The van der Waals surface area contributed by atoms with Crippen LogP contribution in [0.1, 0.15) is 27.7 Å². The molecule has 0 saturated carbocycles. The number of nitrogens with one attached hydrogen (secondary N) is 1. The Bertz CT molecular complexity index is 241. The quantitative estimate of drug-likeness (QED) is 0.724. The molecule has 0 heterocycles. The van der Waals surface area contributed by atoms with Crippen LogP contribution >= 0.6 is 0 Å². The topological polar surface area (TPSA) is 69.6 Å². The molecule has 0 aliphatic rings. The van der Waals surface area contributed by atoms with Gasteiger partial charge >= 0.3 is 12.0 Å². The van der Waals surface area contributed by atoms with E-state index in [4.69, 9.17) is 5.11 Å². The summed E-state index contributed by atoms with van der Waals surface area (Å²) in [5, 5.41) is 11.3. The molecular weight excluding hydrogens is 208 g/mol.